The van der Waals surface area contributed by atoms with E-state index in [0.29, 0.717) is 24.5 Å². The minimum Gasteiger partial charge on any atom is -0.329 e. The van der Waals surface area contributed by atoms with Crippen molar-refractivity contribution < 1.29 is 0 Å². The monoisotopic (exact) mass is 272 g/mol. The van der Waals surface area contributed by atoms with E-state index in [1.807, 2.05) is 25.1 Å². The van der Waals surface area contributed by atoms with Crippen molar-refractivity contribution in [3.05, 3.63) is 39.9 Å². The molecule has 3 rings (SSSR count). The average Bonchev–Trinajstić information content (AvgIpc) is 2.87. The van der Waals surface area contributed by atoms with Gasteiger partial charge in [-0.1, -0.05) is 12.1 Å². The van der Waals surface area contributed by atoms with Gasteiger partial charge in [0.15, 0.2) is 0 Å². The maximum atomic E-state index is 12.1. The van der Waals surface area contributed by atoms with Crippen LogP contribution in [0.15, 0.2) is 23.0 Å². The van der Waals surface area contributed by atoms with Crippen molar-refractivity contribution in [2.75, 3.05) is 13.1 Å². The summed E-state index contributed by atoms with van der Waals surface area (Å²) >= 11 is 0. The molecule has 20 heavy (non-hydrogen) atoms. The maximum absolute atomic E-state index is 12.1. The number of para-hydroxylation sites is 1. The van der Waals surface area contributed by atoms with Gasteiger partial charge in [0.05, 0.1) is 17.4 Å². The van der Waals surface area contributed by atoms with Crippen LogP contribution in [-0.2, 0) is 6.54 Å². The smallest absolute Gasteiger partial charge is 0.258 e. The number of aromatic amines is 1. The third kappa shape index (κ3) is 2.34. The summed E-state index contributed by atoms with van der Waals surface area (Å²) < 4.78 is 0. The molecular weight excluding hydrogens is 252 g/mol. The van der Waals surface area contributed by atoms with Crippen LogP contribution >= 0.6 is 0 Å². The highest BCUT2D eigenvalue weighted by atomic mass is 16.1. The minimum atomic E-state index is -0.0582. The van der Waals surface area contributed by atoms with Crippen molar-refractivity contribution in [1.29, 1.82) is 0 Å². The zero-order chi connectivity index (χ0) is 14.1. The van der Waals surface area contributed by atoms with Crippen LogP contribution in [0.5, 0.6) is 0 Å². The Morgan fingerprint density at radius 1 is 1.50 bits per heavy atom. The fraction of sp³-hybridized carbons (Fsp3) is 0.467. The van der Waals surface area contributed by atoms with Crippen molar-refractivity contribution in [3.63, 3.8) is 0 Å². The van der Waals surface area contributed by atoms with Gasteiger partial charge in [-0.25, -0.2) is 4.98 Å². The van der Waals surface area contributed by atoms with Crippen LogP contribution in [0.25, 0.3) is 10.9 Å². The lowest BCUT2D eigenvalue weighted by atomic mass is 10.1. The second kappa shape index (κ2) is 5.34. The Bertz CT molecular complexity index is 679. The predicted octanol–water partition coefficient (Wildman–Crippen LogP) is 1.15. The van der Waals surface area contributed by atoms with E-state index < -0.39 is 0 Å². The number of hydrogen-bond donors (Lipinski definition) is 2. The van der Waals surface area contributed by atoms with Gasteiger partial charge >= 0.3 is 0 Å². The van der Waals surface area contributed by atoms with Gasteiger partial charge in [0.2, 0.25) is 0 Å². The first-order chi connectivity index (χ1) is 9.69. The van der Waals surface area contributed by atoms with Gasteiger partial charge in [-0.3, -0.25) is 9.69 Å². The molecule has 0 radical (unpaired) electrons. The lowest BCUT2D eigenvalue weighted by Gasteiger charge is -2.22. The first-order valence-electron chi connectivity index (χ1n) is 7.11. The molecule has 1 atom stereocenters. The Morgan fingerprint density at radius 2 is 2.35 bits per heavy atom. The highest BCUT2D eigenvalue weighted by molar-refractivity contribution is 5.80. The topological polar surface area (TPSA) is 75.0 Å². The highest BCUT2D eigenvalue weighted by Crippen LogP contribution is 2.19. The summed E-state index contributed by atoms with van der Waals surface area (Å²) in [6.07, 6.45) is 2.30. The number of hydrogen-bond acceptors (Lipinski definition) is 4. The Hall–Kier alpha value is -1.72. The first kappa shape index (κ1) is 13.3. The van der Waals surface area contributed by atoms with E-state index in [1.165, 1.54) is 6.42 Å². The highest BCUT2D eigenvalue weighted by Gasteiger charge is 2.23. The molecule has 1 saturated heterocycles. The van der Waals surface area contributed by atoms with Crippen molar-refractivity contribution in [2.45, 2.75) is 32.4 Å². The van der Waals surface area contributed by atoms with Crippen LogP contribution in [0.2, 0.25) is 0 Å². The lowest BCUT2D eigenvalue weighted by molar-refractivity contribution is 0.244. The number of likely N-dealkylation sites (tertiary alicyclic amines) is 1. The van der Waals surface area contributed by atoms with Gasteiger partial charge in [-0.2, -0.15) is 0 Å². The van der Waals surface area contributed by atoms with Crippen LogP contribution in [0.1, 0.15) is 24.2 Å². The number of nitrogens with zero attached hydrogens (tertiary/aromatic N) is 2. The molecule has 1 aromatic heterocycles. The number of rotatable bonds is 3. The normalized spacial score (nSPS) is 19.8. The van der Waals surface area contributed by atoms with E-state index in [0.717, 1.165) is 29.9 Å². The second-order valence-corrected chi connectivity index (χ2v) is 5.49. The van der Waals surface area contributed by atoms with Crippen molar-refractivity contribution in [2.24, 2.45) is 5.73 Å². The van der Waals surface area contributed by atoms with Gasteiger partial charge in [0.25, 0.3) is 5.56 Å². The molecule has 1 aliphatic heterocycles. The van der Waals surface area contributed by atoms with Crippen LogP contribution in [0.4, 0.5) is 0 Å². The maximum Gasteiger partial charge on any atom is 0.258 e. The van der Waals surface area contributed by atoms with Gasteiger partial charge in [-0.05, 0) is 37.9 Å². The first-order valence-corrected chi connectivity index (χ1v) is 7.11. The number of benzene rings is 1. The molecule has 106 valence electrons. The van der Waals surface area contributed by atoms with Crippen molar-refractivity contribution in [1.82, 2.24) is 14.9 Å². The molecule has 1 fully saturated rings. The molecule has 5 nitrogen and oxygen atoms in total. The number of nitrogens with one attached hydrogen (secondary N) is 1. The number of H-pyrrole nitrogens is 1. The minimum absolute atomic E-state index is 0.0582. The number of aromatic nitrogens is 2. The van der Waals surface area contributed by atoms with Gasteiger partial charge in [-0.15, -0.1) is 0 Å². The average molecular weight is 272 g/mol. The third-order valence-corrected chi connectivity index (χ3v) is 4.11. The van der Waals surface area contributed by atoms with Crippen LogP contribution < -0.4 is 11.3 Å². The number of nitrogens with two attached hydrogens (primary N) is 1. The Morgan fingerprint density at radius 3 is 3.15 bits per heavy atom. The Balaban J connectivity index is 1.96. The Labute approximate surface area is 117 Å². The Kier molecular flexibility index (Phi) is 3.54. The molecule has 1 aliphatic rings. The molecule has 0 amide bonds. The fourth-order valence-corrected chi connectivity index (χ4v) is 2.99. The van der Waals surface area contributed by atoms with E-state index in [1.54, 1.807) is 0 Å². The molecule has 3 N–H and O–H groups in total. The van der Waals surface area contributed by atoms with Crippen LogP contribution in [0.3, 0.4) is 0 Å². The van der Waals surface area contributed by atoms with Crippen LogP contribution in [-0.4, -0.2) is 34.0 Å². The van der Waals surface area contributed by atoms with Gasteiger partial charge in [0, 0.05) is 12.6 Å². The summed E-state index contributed by atoms with van der Waals surface area (Å²) in [7, 11) is 0. The van der Waals surface area contributed by atoms with Crippen molar-refractivity contribution >= 4 is 10.9 Å². The molecule has 1 aromatic carbocycles. The summed E-state index contributed by atoms with van der Waals surface area (Å²) in [5.41, 5.74) is 7.56. The molecule has 2 aromatic rings. The quantitative estimate of drug-likeness (QED) is 0.879. The molecule has 0 bridgehead atoms. The number of fused-ring (bicyclic) bond motifs is 1. The summed E-state index contributed by atoms with van der Waals surface area (Å²) in [4.78, 5) is 22.0. The summed E-state index contributed by atoms with van der Waals surface area (Å²) in [6.45, 7) is 4.34. The molecule has 0 spiro atoms. The second-order valence-electron chi connectivity index (χ2n) is 5.49. The molecular formula is C15H20N4O. The van der Waals surface area contributed by atoms with Crippen molar-refractivity contribution in [3.8, 4) is 0 Å². The third-order valence-electron chi connectivity index (χ3n) is 4.11. The summed E-state index contributed by atoms with van der Waals surface area (Å²) in [5.74, 6) is 0.733. The molecule has 1 unspecified atom stereocenters. The molecule has 0 saturated carbocycles. The van der Waals surface area contributed by atoms with Gasteiger partial charge in [0.1, 0.15) is 5.82 Å². The van der Waals surface area contributed by atoms with E-state index in [2.05, 4.69) is 14.9 Å². The van der Waals surface area contributed by atoms with E-state index >= 15 is 0 Å². The SMILES string of the molecule is Cc1cccc2c(=O)[nH]c(CN3CCCC3CN)nc12. The largest absolute Gasteiger partial charge is 0.329 e. The molecule has 5 heteroatoms. The fourth-order valence-electron chi connectivity index (χ4n) is 2.99. The van der Waals surface area contributed by atoms with Crippen LogP contribution in [0, 0.1) is 6.92 Å². The van der Waals surface area contributed by atoms with Gasteiger partial charge < -0.3 is 10.7 Å². The molecule has 0 aliphatic carbocycles. The zero-order valence-electron chi connectivity index (χ0n) is 11.7. The lowest BCUT2D eigenvalue weighted by Crippen LogP contribution is -2.35. The van der Waals surface area contributed by atoms with E-state index in [-0.39, 0.29) is 5.56 Å². The molecule has 2 heterocycles. The zero-order valence-corrected chi connectivity index (χ0v) is 11.7. The summed E-state index contributed by atoms with van der Waals surface area (Å²) in [5, 5.41) is 0.658. The number of aryl methyl sites for hydroxylation is 1. The predicted molar refractivity (Wildman–Crippen MR) is 79.6 cm³/mol. The van der Waals surface area contributed by atoms with E-state index in [4.69, 9.17) is 5.73 Å². The van der Waals surface area contributed by atoms with E-state index in [9.17, 15) is 4.79 Å². The summed E-state index contributed by atoms with van der Waals surface area (Å²) in [6, 6.07) is 6.10. The standard InChI is InChI=1S/C15H20N4O/c1-10-4-2-6-12-14(10)17-13(18-15(12)20)9-19-7-3-5-11(19)8-16/h2,4,6,11H,3,5,7-9,16H2,1H3,(H,17,18,20).